The predicted molar refractivity (Wildman–Crippen MR) is 90.8 cm³/mol. The molecule has 0 fully saturated rings. The van der Waals surface area contributed by atoms with Gasteiger partial charge in [0.25, 0.3) is 10.0 Å². The summed E-state index contributed by atoms with van der Waals surface area (Å²) >= 11 is 0. The van der Waals surface area contributed by atoms with E-state index in [9.17, 15) is 13.5 Å². The average molecular weight is 342 g/mol. The molecule has 1 aliphatic heterocycles. The third kappa shape index (κ3) is 2.77. The van der Waals surface area contributed by atoms with Crippen LogP contribution < -0.4 is 4.31 Å². The summed E-state index contributed by atoms with van der Waals surface area (Å²) in [6.45, 7) is 1.98. The maximum atomic E-state index is 13.1. The number of aryl methyl sites for hydroxylation is 1. The van der Waals surface area contributed by atoms with Gasteiger partial charge in [0.05, 0.1) is 22.8 Å². The van der Waals surface area contributed by atoms with Crippen LogP contribution in [0.2, 0.25) is 0 Å². The van der Waals surface area contributed by atoms with Crippen molar-refractivity contribution in [2.75, 3.05) is 10.8 Å². The van der Waals surface area contributed by atoms with Gasteiger partial charge in [-0.05, 0) is 25.1 Å². The first kappa shape index (κ1) is 16.5. The zero-order valence-corrected chi connectivity index (χ0v) is 14.1. The molecule has 0 aliphatic carbocycles. The predicted octanol–water partition coefficient (Wildman–Crippen LogP) is 2.77. The van der Waals surface area contributed by atoms with Gasteiger partial charge in [-0.1, -0.05) is 35.9 Å². The van der Waals surface area contributed by atoms with E-state index in [1.807, 2.05) is 13.0 Å². The van der Waals surface area contributed by atoms with Gasteiger partial charge < -0.3 is 5.11 Å². The number of hydrogen-bond donors (Lipinski definition) is 1. The van der Waals surface area contributed by atoms with E-state index in [2.05, 4.69) is 0 Å². The number of rotatable bonds is 3. The smallest absolute Gasteiger partial charge is 0.264 e. The molecule has 1 heterocycles. The van der Waals surface area contributed by atoms with Crippen LogP contribution in [0.3, 0.4) is 0 Å². The minimum atomic E-state index is -3.75. The Hall–Kier alpha value is -2.36. The SMILES string of the molecule is Cc1ccc(S(=O)(=O)N2C[C@H](CC#N)[C@H](O)c3ccccc32)cc1. The number of hydrogen-bond acceptors (Lipinski definition) is 4. The molecule has 5 nitrogen and oxygen atoms in total. The van der Waals surface area contributed by atoms with Gasteiger partial charge in [-0.25, -0.2) is 8.42 Å². The zero-order valence-electron chi connectivity index (χ0n) is 13.3. The van der Waals surface area contributed by atoms with E-state index in [1.54, 1.807) is 48.5 Å². The largest absolute Gasteiger partial charge is 0.388 e. The Morgan fingerprint density at radius 3 is 2.54 bits per heavy atom. The Bertz CT molecular complexity index is 885. The lowest BCUT2D eigenvalue weighted by Crippen LogP contribution is -2.41. The number of nitrogens with zero attached hydrogens (tertiary/aromatic N) is 2. The molecule has 0 spiro atoms. The van der Waals surface area contributed by atoms with Crippen molar-refractivity contribution in [2.24, 2.45) is 5.92 Å². The summed E-state index contributed by atoms with van der Waals surface area (Å²) in [5.41, 5.74) is 1.99. The van der Waals surface area contributed by atoms with Crippen LogP contribution in [0.25, 0.3) is 0 Å². The van der Waals surface area contributed by atoms with Gasteiger partial charge >= 0.3 is 0 Å². The number of fused-ring (bicyclic) bond motifs is 1. The fraction of sp³-hybridized carbons (Fsp3) is 0.278. The number of nitriles is 1. The van der Waals surface area contributed by atoms with E-state index in [-0.39, 0.29) is 17.9 Å². The van der Waals surface area contributed by atoms with Gasteiger partial charge in [-0.2, -0.15) is 5.26 Å². The normalized spacial score (nSPS) is 20.3. The quantitative estimate of drug-likeness (QED) is 0.930. The highest BCUT2D eigenvalue weighted by Gasteiger charge is 2.37. The summed E-state index contributed by atoms with van der Waals surface area (Å²) < 4.78 is 27.5. The second-order valence-electron chi connectivity index (χ2n) is 5.98. The van der Waals surface area contributed by atoms with Crippen molar-refractivity contribution in [1.29, 1.82) is 5.26 Å². The fourth-order valence-electron chi connectivity index (χ4n) is 2.99. The molecule has 1 N–H and O–H groups in total. The number of anilines is 1. The summed E-state index contributed by atoms with van der Waals surface area (Å²) in [4.78, 5) is 0.204. The van der Waals surface area contributed by atoms with Crippen molar-refractivity contribution in [2.45, 2.75) is 24.3 Å². The van der Waals surface area contributed by atoms with Crippen LogP contribution in [-0.4, -0.2) is 20.1 Å². The third-order valence-corrected chi connectivity index (χ3v) is 6.13. The van der Waals surface area contributed by atoms with Gasteiger partial charge in [-0.15, -0.1) is 0 Å². The standard InChI is InChI=1S/C18H18N2O3S/c1-13-6-8-15(9-7-13)24(22,23)20-12-14(10-11-19)18(21)16-4-2-3-5-17(16)20/h2-9,14,18,21H,10,12H2,1H3/t14-,18-/m0/s1. The van der Waals surface area contributed by atoms with Crippen molar-refractivity contribution in [1.82, 2.24) is 0 Å². The molecule has 0 aromatic heterocycles. The van der Waals surface area contributed by atoms with Crippen LogP contribution >= 0.6 is 0 Å². The molecular formula is C18H18N2O3S. The van der Waals surface area contributed by atoms with Crippen molar-refractivity contribution in [3.8, 4) is 6.07 Å². The summed E-state index contributed by atoms with van der Waals surface area (Å²) in [5.74, 6) is -0.454. The molecule has 2 aromatic carbocycles. The summed E-state index contributed by atoms with van der Waals surface area (Å²) in [6.07, 6.45) is -0.750. The molecule has 6 heteroatoms. The molecular weight excluding hydrogens is 324 g/mol. The Balaban J connectivity index is 2.10. The van der Waals surface area contributed by atoms with Crippen LogP contribution in [0.15, 0.2) is 53.4 Å². The number of para-hydroxylation sites is 1. The second-order valence-corrected chi connectivity index (χ2v) is 7.84. The highest BCUT2D eigenvalue weighted by Crippen LogP contribution is 2.40. The van der Waals surface area contributed by atoms with Crippen LogP contribution in [0.1, 0.15) is 23.7 Å². The molecule has 1 aliphatic rings. The Labute approximate surface area is 141 Å². The van der Waals surface area contributed by atoms with E-state index in [4.69, 9.17) is 5.26 Å². The third-order valence-electron chi connectivity index (χ3n) is 4.33. The zero-order chi connectivity index (χ0) is 17.3. The molecule has 3 rings (SSSR count). The van der Waals surface area contributed by atoms with Crippen LogP contribution in [0.4, 0.5) is 5.69 Å². The van der Waals surface area contributed by atoms with E-state index in [0.29, 0.717) is 11.3 Å². The van der Waals surface area contributed by atoms with Crippen LogP contribution in [0.5, 0.6) is 0 Å². The van der Waals surface area contributed by atoms with Gasteiger partial charge in [-0.3, -0.25) is 4.31 Å². The molecule has 0 saturated heterocycles. The lowest BCUT2D eigenvalue weighted by Gasteiger charge is -2.37. The Kier molecular flexibility index (Phi) is 4.31. The molecule has 24 heavy (non-hydrogen) atoms. The minimum absolute atomic E-state index is 0.0853. The summed E-state index contributed by atoms with van der Waals surface area (Å²) in [7, 11) is -3.75. The van der Waals surface area contributed by atoms with E-state index in [1.165, 1.54) is 4.31 Å². The molecule has 0 radical (unpaired) electrons. The fourth-order valence-corrected chi connectivity index (χ4v) is 4.54. The monoisotopic (exact) mass is 342 g/mol. The Morgan fingerprint density at radius 2 is 1.88 bits per heavy atom. The first-order chi connectivity index (χ1) is 11.4. The molecule has 0 amide bonds. The van der Waals surface area contributed by atoms with E-state index in [0.717, 1.165) is 5.56 Å². The maximum Gasteiger partial charge on any atom is 0.264 e. The van der Waals surface area contributed by atoms with Crippen LogP contribution in [-0.2, 0) is 10.0 Å². The minimum Gasteiger partial charge on any atom is -0.388 e. The lowest BCUT2D eigenvalue weighted by atomic mass is 9.89. The average Bonchev–Trinajstić information content (AvgIpc) is 2.58. The van der Waals surface area contributed by atoms with Gasteiger partial charge in [0, 0.05) is 24.4 Å². The highest BCUT2D eigenvalue weighted by molar-refractivity contribution is 7.92. The maximum absolute atomic E-state index is 13.1. The summed E-state index contributed by atoms with van der Waals surface area (Å²) in [6, 6.07) is 15.6. The first-order valence-corrected chi connectivity index (χ1v) is 9.12. The first-order valence-electron chi connectivity index (χ1n) is 7.68. The molecule has 2 atom stereocenters. The number of benzene rings is 2. The van der Waals surface area contributed by atoms with Gasteiger partial charge in [0.1, 0.15) is 0 Å². The molecule has 0 unspecified atom stereocenters. The molecule has 0 bridgehead atoms. The van der Waals surface area contributed by atoms with Crippen molar-refractivity contribution in [3.05, 3.63) is 59.7 Å². The highest BCUT2D eigenvalue weighted by atomic mass is 32.2. The topological polar surface area (TPSA) is 81.4 Å². The van der Waals surface area contributed by atoms with Gasteiger partial charge in [0.2, 0.25) is 0 Å². The molecule has 124 valence electrons. The Morgan fingerprint density at radius 1 is 1.21 bits per heavy atom. The lowest BCUT2D eigenvalue weighted by molar-refractivity contribution is 0.110. The number of aliphatic hydroxyl groups excluding tert-OH is 1. The second kappa shape index (κ2) is 6.27. The van der Waals surface area contributed by atoms with Crippen molar-refractivity contribution in [3.63, 3.8) is 0 Å². The molecule has 2 aromatic rings. The number of sulfonamides is 1. The van der Waals surface area contributed by atoms with E-state index < -0.39 is 22.0 Å². The van der Waals surface area contributed by atoms with Gasteiger partial charge in [0.15, 0.2) is 0 Å². The summed E-state index contributed by atoms with van der Waals surface area (Å²) in [5, 5.41) is 19.5. The van der Waals surface area contributed by atoms with Crippen molar-refractivity contribution >= 4 is 15.7 Å². The van der Waals surface area contributed by atoms with Crippen molar-refractivity contribution < 1.29 is 13.5 Å². The number of aliphatic hydroxyl groups is 1. The van der Waals surface area contributed by atoms with Crippen LogP contribution in [0, 0.1) is 24.2 Å². The van der Waals surface area contributed by atoms with E-state index >= 15 is 0 Å². The molecule has 0 saturated carbocycles.